The van der Waals surface area contributed by atoms with E-state index in [4.69, 9.17) is 28.9 Å². The first-order valence-electron chi connectivity index (χ1n) is 4.94. The van der Waals surface area contributed by atoms with Crippen LogP contribution < -0.4 is 5.73 Å². The Morgan fingerprint density at radius 3 is 2.12 bits per heavy atom. The van der Waals surface area contributed by atoms with Gasteiger partial charge in [0, 0.05) is 0 Å². The third kappa shape index (κ3) is 2.38. The van der Waals surface area contributed by atoms with Crippen molar-refractivity contribution in [3.05, 3.63) is 69.7 Å². The predicted molar refractivity (Wildman–Crippen MR) is 68.9 cm³/mol. The molecule has 2 aromatic carbocycles. The topological polar surface area (TPSA) is 26.0 Å². The summed E-state index contributed by atoms with van der Waals surface area (Å²) in [6.07, 6.45) is 0. The molecule has 1 atom stereocenters. The molecule has 2 rings (SSSR count). The zero-order valence-corrected chi connectivity index (χ0v) is 10.0. The van der Waals surface area contributed by atoms with Gasteiger partial charge in [0.1, 0.15) is 0 Å². The van der Waals surface area contributed by atoms with Gasteiger partial charge in [-0.05, 0) is 23.3 Å². The highest BCUT2D eigenvalue weighted by Crippen LogP contribution is 2.27. The minimum Gasteiger partial charge on any atom is -0.320 e. The summed E-state index contributed by atoms with van der Waals surface area (Å²) in [5.74, 6) is 0. The SMILES string of the molecule is N[C@@H](c1ccccc1)c1ccc(Cl)c(Cl)c1. The molecule has 0 heterocycles. The minimum absolute atomic E-state index is 0.170. The minimum atomic E-state index is -0.170. The Morgan fingerprint density at radius 1 is 0.812 bits per heavy atom. The van der Waals surface area contributed by atoms with E-state index >= 15 is 0 Å². The van der Waals surface area contributed by atoms with Crippen LogP contribution in [0.4, 0.5) is 0 Å². The molecule has 1 nitrogen and oxygen atoms in total. The van der Waals surface area contributed by atoms with Gasteiger partial charge in [0.05, 0.1) is 16.1 Å². The Labute approximate surface area is 105 Å². The van der Waals surface area contributed by atoms with Crippen molar-refractivity contribution in [1.82, 2.24) is 0 Å². The first-order chi connectivity index (χ1) is 7.68. The Kier molecular flexibility index (Phi) is 3.49. The van der Waals surface area contributed by atoms with Crippen molar-refractivity contribution in [1.29, 1.82) is 0 Å². The van der Waals surface area contributed by atoms with Crippen molar-refractivity contribution in [3.63, 3.8) is 0 Å². The molecule has 0 saturated carbocycles. The summed E-state index contributed by atoms with van der Waals surface area (Å²) in [6, 6.07) is 15.2. The molecule has 2 N–H and O–H groups in total. The van der Waals surface area contributed by atoms with Crippen LogP contribution in [0.5, 0.6) is 0 Å². The third-order valence-electron chi connectivity index (χ3n) is 2.46. The molecule has 0 unspecified atom stereocenters. The van der Waals surface area contributed by atoms with Crippen LogP contribution >= 0.6 is 23.2 Å². The van der Waals surface area contributed by atoms with Crippen molar-refractivity contribution in [2.24, 2.45) is 5.73 Å². The number of benzene rings is 2. The largest absolute Gasteiger partial charge is 0.320 e. The molecule has 3 heteroatoms. The Hall–Kier alpha value is -1.02. The highest BCUT2D eigenvalue weighted by molar-refractivity contribution is 6.42. The molecule has 0 bridgehead atoms. The van der Waals surface area contributed by atoms with Crippen molar-refractivity contribution in [3.8, 4) is 0 Å². The molecule has 0 aliphatic heterocycles. The fraction of sp³-hybridized carbons (Fsp3) is 0.0769. The van der Waals surface area contributed by atoms with Crippen LogP contribution in [-0.2, 0) is 0 Å². The van der Waals surface area contributed by atoms with Crippen LogP contribution in [0.15, 0.2) is 48.5 Å². The van der Waals surface area contributed by atoms with Crippen molar-refractivity contribution >= 4 is 23.2 Å². The van der Waals surface area contributed by atoms with E-state index in [9.17, 15) is 0 Å². The molecular formula is C13H11Cl2N. The number of hydrogen-bond donors (Lipinski definition) is 1. The first-order valence-corrected chi connectivity index (χ1v) is 5.69. The Balaban J connectivity index is 2.34. The smallest absolute Gasteiger partial charge is 0.0595 e. The summed E-state index contributed by atoms with van der Waals surface area (Å²) in [6.45, 7) is 0. The van der Waals surface area contributed by atoms with Gasteiger partial charge in [-0.25, -0.2) is 0 Å². The predicted octanol–water partition coefficient (Wildman–Crippen LogP) is 4.04. The molecule has 0 amide bonds. The number of hydrogen-bond acceptors (Lipinski definition) is 1. The standard InChI is InChI=1S/C13H11Cl2N/c14-11-7-6-10(8-12(11)15)13(16)9-4-2-1-3-5-9/h1-8,13H,16H2/t13-/m0/s1. The maximum absolute atomic E-state index is 6.13. The van der Waals surface area contributed by atoms with Crippen LogP contribution in [0.1, 0.15) is 17.2 Å². The van der Waals surface area contributed by atoms with Crippen LogP contribution in [0.25, 0.3) is 0 Å². The van der Waals surface area contributed by atoms with E-state index in [1.807, 2.05) is 42.5 Å². The fourth-order valence-electron chi connectivity index (χ4n) is 1.56. The van der Waals surface area contributed by atoms with Gasteiger partial charge in [0.15, 0.2) is 0 Å². The number of halogens is 2. The Bertz CT molecular complexity index is 483. The molecule has 0 radical (unpaired) electrons. The summed E-state index contributed by atoms with van der Waals surface area (Å²) >= 11 is 11.8. The molecule has 2 aromatic rings. The van der Waals surface area contributed by atoms with Gasteiger partial charge in [-0.2, -0.15) is 0 Å². The lowest BCUT2D eigenvalue weighted by atomic mass is 10.00. The van der Waals surface area contributed by atoms with Crippen molar-refractivity contribution in [2.45, 2.75) is 6.04 Å². The van der Waals surface area contributed by atoms with E-state index in [0.717, 1.165) is 11.1 Å². The normalized spacial score (nSPS) is 12.4. The van der Waals surface area contributed by atoms with E-state index in [-0.39, 0.29) is 6.04 Å². The zero-order chi connectivity index (χ0) is 11.5. The lowest BCUT2D eigenvalue weighted by Gasteiger charge is -2.13. The van der Waals surface area contributed by atoms with Gasteiger partial charge >= 0.3 is 0 Å². The van der Waals surface area contributed by atoms with E-state index in [1.54, 1.807) is 6.07 Å². The average Bonchev–Trinajstić information content (AvgIpc) is 2.33. The van der Waals surface area contributed by atoms with Gasteiger partial charge < -0.3 is 5.73 Å². The van der Waals surface area contributed by atoms with Crippen molar-refractivity contribution < 1.29 is 0 Å². The summed E-state index contributed by atoms with van der Waals surface area (Å²) in [4.78, 5) is 0. The molecular weight excluding hydrogens is 241 g/mol. The van der Waals surface area contributed by atoms with E-state index < -0.39 is 0 Å². The lowest BCUT2D eigenvalue weighted by molar-refractivity contribution is 0.872. The van der Waals surface area contributed by atoms with E-state index in [0.29, 0.717) is 10.0 Å². The Morgan fingerprint density at radius 2 is 1.50 bits per heavy atom. The van der Waals surface area contributed by atoms with Gasteiger partial charge in [0.2, 0.25) is 0 Å². The highest BCUT2D eigenvalue weighted by Gasteiger charge is 2.09. The monoisotopic (exact) mass is 251 g/mol. The highest BCUT2D eigenvalue weighted by atomic mass is 35.5. The molecule has 16 heavy (non-hydrogen) atoms. The fourth-order valence-corrected chi connectivity index (χ4v) is 1.87. The molecule has 82 valence electrons. The molecule has 0 aliphatic carbocycles. The average molecular weight is 252 g/mol. The molecule has 0 aromatic heterocycles. The van der Waals surface area contributed by atoms with Crippen LogP contribution in [0, 0.1) is 0 Å². The number of nitrogens with two attached hydrogens (primary N) is 1. The van der Waals surface area contributed by atoms with E-state index in [1.165, 1.54) is 0 Å². The maximum Gasteiger partial charge on any atom is 0.0595 e. The molecule has 0 fully saturated rings. The second-order valence-corrected chi connectivity index (χ2v) is 4.38. The second kappa shape index (κ2) is 4.88. The molecule has 0 aliphatic rings. The summed E-state index contributed by atoms with van der Waals surface area (Å²) in [5.41, 5.74) is 8.15. The summed E-state index contributed by atoms with van der Waals surface area (Å²) in [7, 11) is 0. The third-order valence-corrected chi connectivity index (χ3v) is 3.20. The van der Waals surface area contributed by atoms with E-state index in [2.05, 4.69) is 0 Å². The summed E-state index contributed by atoms with van der Waals surface area (Å²) in [5, 5.41) is 1.08. The lowest BCUT2D eigenvalue weighted by Crippen LogP contribution is -2.11. The van der Waals surface area contributed by atoms with Gasteiger partial charge in [-0.1, -0.05) is 59.6 Å². The maximum atomic E-state index is 6.13. The second-order valence-electron chi connectivity index (χ2n) is 3.56. The summed E-state index contributed by atoms with van der Waals surface area (Å²) < 4.78 is 0. The van der Waals surface area contributed by atoms with Crippen LogP contribution in [0.2, 0.25) is 10.0 Å². The van der Waals surface area contributed by atoms with Crippen LogP contribution in [0.3, 0.4) is 0 Å². The van der Waals surface area contributed by atoms with Crippen LogP contribution in [-0.4, -0.2) is 0 Å². The first kappa shape index (κ1) is 11.5. The molecule has 0 spiro atoms. The zero-order valence-electron chi connectivity index (χ0n) is 8.53. The van der Waals surface area contributed by atoms with Gasteiger partial charge in [-0.3, -0.25) is 0 Å². The van der Waals surface area contributed by atoms with Gasteiger partial charge in [0.25, 0.3) is 0 Å². The molecule has 0 saturated heterocycles. The van der Waals surface area contributed by atoms with Gasteiger partial charge in [-0.15, -0.1) is 0 Å². The number of rotatable bonds is 2. The van der Waals surface area contributed by atoms with Crippen molar-refractivity contribution in [2.75, 3.05) is 0 Å². The quantitative estimate of drug-likeness (QED) is 0.857.